The van der Waals surface area contributed by atoms with Crippen LogP contribution in [-0.4, -0.2) is 46.5 Å². The molecule has 0 amide bonds. The maximum Gasteiger partial charge on any atom is 0.218 e. The minimum absolute atomic E-state index is 0.0983. The zero-order valence-corrected chi connectivity index (χ0v) is 16.5. The van der Waals surface area contributed by atoms with Crippen molar-refractivity contribution in [1.82, 2.24) is 4.31 Å². The molecule has 1 aliphatic heterocycles. The van der Waals surface area contributed by atoms with Crippen molar-refractivity contribution in [3.05, 3.63) is 64.7 Å². The van der Waals surface area contributed by atoms with E-state index >= 15 is 0 Å². The standard InChI is InChI=1S/C19H23ClN2O3S/c1-21(2)17-9-7-15(8-10-17)19-13-22(11-12-25-19)26(23,24)14-16-5-3-4-6-18(16)20/h3-10,19H,11-14H2,1-2H3. The Kier molecular flexibility index (Phi) is 5.87. The van der Waals surface area contributed by atoms with Crippen molar-refractivity contribution in [3.63, 3.8) is 0 Å². The lowest BCUT2D eigenvalue weighted by molar-refractivity contribution is -0.00259. The van der Waals surface area contributed by atoms with E-state index in [-0.39, 0.29) is 11.9 Å². The fourth-order valence-corrected chi connectivity index (χ4v) is 4.79. The molecule has 0 aromatic heterocycles. The number of hydrogen-bond donors (Lipinski definition) is 0. The van der Waals surface area contributed by atoms with Crippen LogP contribution < -0.4 is 4.90 Å². The smallest absolute Gasteiger partial charge is 0.218 e. The molecule has 1 unspecified atom stereocenters. The SMILES string of the molecule is CN(C)c1ccc(C2CN(S(=O)(=O)Cc3ccccc3Cl)CCO2)cc1. The van der Waals surface area contributed by atoms with Crippen LogP contribution in [0.5, 0.6) is 0 Å². The van der Waals surface area contributed by atoms with Crippen molar-refractivity contribution in [2.75, 3.05) is 38.7 Å². The van der Waals surface area contributed by atoms with Crippen molar-refractivity contribution in [1.29, 1.82) is 0 Å². The highest BCUT2D eigenvalue weighted by Crippen LogP contribution is 2.27. The van der Waals surface area contributed by atoms with Gasteiger partial charge >= 0.3 is 0 Å². The lowest BCUT2D eigenvalue weighted by Crippen LogP contribution is -2.42. The van der Waals surface area contributed by atoms with Crippen molar-refractivity contribution < 1.29 is 13.2 Å². The van der Waals surface area contributed by atoms with Gasteiger partial charge < -0.3 is 9.64 Å². The van der Waals surface area contributed by atoms with E-state index in [2.05, 4.69) is 0 Å². The van der Waals surface area contributed by atoms with Crippen molar-refractivity contribution in [2.45, 2.75) is 11.9 Å². The molecule has 0 N–H and O–H groups in total. The average molecular weight is 395 g/mol. The first-order valence-corrected chi connectivity index (χ1v) is 10.5. The van der Waals surface area contributed by atoms with E-state index in [1.807, 2.05) is 43.3 Å². The number of hydrogen-bond acceptors (Lipinski definition) is 4. The van der Waals surface area contributed by atoms with Gasteiger partial charge in [-0.25, -0.2) is 8.42 Å². The van der Waals surface area contributed by atoms with Crippen molar-refractivity contribution in [2.24, 2.45) is 0 Å². The summed E-state index contributed by atoms with van der Waals surface area (Å²) in [5, 5.41) is 0.472. The number of anilines is 1. The van der Waals surface area contributed by atoms with Crippen molar-refractivity contribution >= 4 is 27.3 Å². The number of halogens is 1. The largest absolute Gasteiger partial charge is 0.378 e. The maximum atomic E-state index is 12.8. The third kappa shape index (κ3) is 4.38. The summed E-state index contributed by atoms with van der Waals surface area (Å²) in [5.41, 5.74) is 2.69. The molecule has 7 heteroatoms. The molecule has 5 nitrogen and oxygen atoms in total. The second-order valence-electron chi connectivity index (χ2n) is 6.55. The highest BCUT2D eigenvalue weighted by molar-refractivity contribution is 7.88. The molecule has 2 aromatic carbocycles. The molecule has 3 rings (SSSR count). The Morgan fingerprint density at radius 1 is 1.15 bits per heavy atom. The Bertz CT molecular complexity index is 853. The van der Waals surface area contributed by atoms with Gasteiger partial charge in [-0.3, -0.25) is 0 Å². The van der Waals surface area contributed by atoms with Crippen molar-refractivity contribution in [3.8, 4) is 0 Å². The lowest BCUT2D eigenvalue weighted by atomic mass is 10.1. The highest BCUT2D eigenvalue weighted by Gasteiger charge is 2.30. The average Bonchev–Trinajstić information content (AvgIpc) is 2.64. The second-order valence-corrected chi connectivity index (χ2v) is 8.93. The van der Waals surface area contributed by atoms with Gasteiger partial charge in [0.05, 0.1) is 18.5 Å². The summed E-state index contributed by atoms with van der Waals surface area (Å²) in [5.74, 6) is -0.0983. The van der Waals surface area contributed by atoms with Crippen LogP contribution in [0.25, 0.3) is 0 Å². The zero-order chi connectivity index (χ0) is 18.7. The molecule has 0 radical (unpaired) electrons. The van der Waals surface area contributed by atoms with Gasteiger partial charge in [0.2, 0.25) is 10.0 Å². The number of sulfonamides is 1. The normalized spacial score (nSPS) is 18.7. The van der Waals surface area contributed by atoms with Gasteiger partial charge in [0.15, 0.2) is 0 Å². The van der Waals surface area contributed by atoms with E-state index < -0.39 is 10.0 Å². The molecule has 0 saturated carbocycles. The molecular formula is C19H23ClN2O3S. The van der Waals surface area contributed by atoms with Gasteiger partial charge in [0.25, 0.3) is 0 Å². The van der Waals surface area contributed by atoms with Crippen LogP contribution in [0.3, 0.4) is 0 Å². The minimum atomic E-state index is -3.46. The number of morpholine rings is 1. The molecule has 1 heterocycles. The van der Waals surface area contributed by atoms with Gasteiger partial charge in [0, 0.05) is 37.9 Å². The summed E-state index contributed by atoms with van der Waals surface area (Å²) in [6.07, 6.45) is -0.263. The quantitative estimate of drug-likeness (QED) is 0.780. The van der Waals surface area contributed by atoms with Crippen LogP contribution in [0, 0.1) is 0 Å². The predicted octanol–water partition coefficient (Wildman–Crippen LogP) is 3.31. The fourth-order valence-electron chi connectivity index (χ4n) is 2.97. The topological polar surface area (TPSA) is 49.9 Å². The monoisotopic (exact) mass is 394 g/mol. The molecule has 140 valence electrons. The third-order valence-electron chi connectivity index (χ3n) is 4.50. The molecule has 1 fully saturated rings. The summed E-state index contributed by atoms with van der Waals surface area (Å²) in [6, 6.07) is 15.0. The van der Waals surface area contributed by atoms with E-state index in [0.29, 0.717) is 30.3 Å². The number of nitrogens with zero attached hydrogens (tertiary/aromatic N) is 2. The van der Waals surface area contributed by atoms with E-state index in [9.17, 15) is 8.42 Å². The van der Waals surface area contributed by atoms with Gasteiger partial charge in [0.1, 0.15) is 0 Å². The van der Waals surface area contributed by atoms with Gasteiger partial charge in [-0.1, -0.05) is 41.9 Å². The van der Waals surface area contributed by atoms with Crippen LogP contribution in [0.2, 0.25) is 5.02 Å². The summed E-state index contributed by atoms with van der Waals surface area (Å²) in [6.45, 7) is 1.05. The molecule has 1 atom stereocenters. The first-order chi connectivity index (χ1) is 12.4. The van der Waals surface area contributed by atoms with Crippen LogP contribution in [-0.2, 0) is 20.5 Å². The van der Waals surface area contributed by atoms with Gasteiger partial charge in [-0.05, 0) is 29.3 Å². The van der Waals surface area contributed by atoms with Crippen LogP contribution >= 0.6 is 11.6 Å². The molecule has 1 aliphatic rings. The Balaban J connectivity index is 1.74. The Hall–Kier alpha value is -1.60. The van der Waals surface area contributed by atoms with Gasteiger partial charge in [-0.15, -0.1) is 0 Å². The minimum Gasteiger partial charge on any atom is -0.378 e. The Morgan fingerprint density at radius 3 is 2.50 bits per heavy atom. The van der Waals surface area contributed by atoms with E-state index in [0.717, 1.165) is 11.3 Å². The predicted molar refractivity (Wildman–Crippen MR) is 105 cm³/mol. The summed E-state index contributed by atoms with van der Waals surface area (Å²) < 4.78 is 33.0. The molecule has 0 aliphatic carbocycles. The molecule has 0 bridgehead atoms. The molecular weight excluding hydrogens is 372 g/mol. The molecule has 26 heavy (non-hydrogen) atoms. The highest BCUT2D eigenvalue weighted by atomic mass is 35.5. The Labute approximate surface area is 160 Å². The van der Waals surface area contributed by atoms with Crippen LogP contribution in [0.15, 0.2) is 48.5 Å². The third-order valence-corrected chi connectivity index (χ3v) is 6.66. The fraction of sp³-hybridized carbons (Fsp3) is 0.368. The van der Waals surface area contributed by atoms with Crippen LogP contribution in [0.4, 0.5) is 5.69 Å². The van der Waals surface area contributed by atoms with Crippen LogP contribution in [0.1, 0.15) is 17.2 Å². The summed E-state index contributed by atoms with van der Waals surface area (Å²) in [7, 11) is 0.502. The van der Waals surface area contributed by atoms with E-state index in [1.54, 1.807) is 24.3 Å². The van der Waals surface area contributed by atoms with Gasteiger partial charge in [-0.2, -0.15) is 4.31 Å². The summed E-state index contributed by atoms with van der Waals surface area (Å²) >= 11 is 6.12. The molecule has 0 spiro atoms. The zero-order valence-electron chi connectivity index (χ0n) is 14.9. The Morgan fingerprint density at radius 2 is 1.85 bits per heavy atom. The maximum absolute atomic E-state index is 12.8. The first kappa shape index (κ1) is 19.2. The number of benzene rings is 2. The van der Waals surface area contributed by atoms with E-state index in [1.165, 1.54) is 4.31 Å². The molecule has 2 aromatic rings. The second kappa shape index (κ2) is 7.96. The van der Waals surface area contributed by atoms with E-state index in [4.69, 9.17) is 16.3 Å². The lowest BCUT2D eigenvalue weighted by Gasteiger charge is -2.32. The number of ether oxygens (including phenoxy) is 1. The summed E-state index contributed by atoms with van der Waals surface area (Å²) in [4.78, 5) is 2.02. The molecule has 1 saturated heterocycles. The first-order valence-electron chi connectivity index (χ1n) is 8.47. The number of rotatable bonds is 5.